The fourth-order valence-corrected chi connectivity index (χ4v) is 2.16. The van der Waals surface area contributed by atoms with Crippen LogP contribution in [0.3, 0.4) is 0 Å². The van der Waals surface area contributed by atoms with Gasteiger partial charge >= 0.3 is 6.01 Å². The van der Waals surface area contributed by atoms with E-state index < -0.39 is 15.8 Å². The van der Waals surface area contributed by atoms with Crippen LogP contribution in [0.1, 0.15) is 5.82 Å². The molecule has 7 nitrogen and oxygen atoms in total. The summed E-state index contributed by atoms with van der Waals surface area (Å²) < 4.78 is 43.3. The van der Waals surface area contributed by atoms with Gasteiger partial charge in [0.1, 0.15) is 5.82 Å². The first kappa shape index (κ1) is 12.3. The van der Waals surface area contributed by atoms with Gasteiger partial charge in [0.05, 0.1) is 10.6 Å². The van der Waals surface area contributed by atoms with Gasteiger partial charge in [0.2, 0.25) is 0 Å². The van der Waals surface area contributed by atoms with Gasteiger partial charge in [0, 0.05) is 0 Å². The number of aryl methyl sites for hydroxylation is 1. The molecule has 0 aliphatic heterocycles. The van der Waals surface area contributed by atoms with Gasteiger partial charge in [-0.15, -0.1) is 0 Å². The van der Waals surface area contributed by atoms with E-state index in [1.165, 1.54) is 6.92 Å². The number of nitrogens with one attached hydrogen (secondary N) is 1. The van der Waals surface area contributed by atoms with Crippen molar-refractivity contribution in [3.8, 4) is 0 Å². The molecule has 1 aromatic carbocycles. The molecule has 18 heavy (non-hydrogen) atoms. The van der Waals surface area contributed by atoms with Gasteiger partial charge in [-0.3, -0.25) is 0 Å². The van der Waals surface area contributed by atoms with E-state index in [4.69, 9.17) is 5.73 Å². The molecule has 96 valence electrons. The molecule has 0 aliphatic carbocycles. The lowest BCUT2D eigenvalue weighted by Crippen LogP contribution is -2.13. The standard InChI is InChI=1S/C9H9FN4O3S/c1-5-12-9(17-13-5)14-18(15,16)6-2-3-7(10)8(11)4-6/h2-4H,11H2,1H3,(H,12,13,14). The minimum Gasteiger partial charge on any atom is -0.396 e. The van der Waals surface area contributed by atoms with Crippen LogP contribution in [0, 0.1) is 12.7 Å². The molecule has 9 heteroatoms. The molecular weight excluding hydrogens is 263 g/mol. The third-order valence-electron chi connectivity index (χ3n) is 2.03. The molecule has 0 unspecified atom stereocenters. The second kappa shape index (κ2) is 4.26. The lowest BCUT2D eigenvalue weighted by molar-refractivity contribution is 0.429. The highest BCUT2D eigenvalue weighted by atomic mass is 32.2. The number of nitrogen functional groups attached to an aromatic ring is 1. The molecule has 0 amide bonds. The number of hydrogen-bond donors (Lipinski definition) is 2. The minimum atomic E-state index is -3.93. The monoisotopic (exact) mass is 272 g/mol. The van der Waals surface area contributed by atoms with E-state index in [1.54, 1.807) is 0 Å². The van der Waals surface area contributed by atoms with Crippen molar-refractivity contribution >= 4 is 21.7 Å². The van der Waals surface area contributed by atoms with E-state index >= 15 is 0 Å². The zero-order valence-electron chi connectivity index (χ0n) is 9.21. The summed E-state index contributed by atoms with van der Waals surface area (Å²) in [5.74, 6) is -0.408. The van der Waals surface area contributed by atoms with Gasteiger partial charge in [0.15, 0.2) is 5.82 Å². The summed E-state index contributed by atoms with van der Waals surface area (Å²) in [6.45, 7) is 1.54. The SMILES string of the molecule is Cc1noc(NS(=O)(=O)c2ccc(F)c(N)c2)n1. The first-order valence-electron chi connectivity index (χ1n) is 4.76. The maximum Gasteiger partial charge on any atom is 0.335 e. The van der Waals surface area contributed by atoms with Gasteiger partial charge in [0.25, 0.3) is 10.0 Å². The lowest BCUT2D eigenvalue weighted by Gasteiger charge is -2.05. The van der Waals surface area contributed by atoms with E-state index in [9.17, 15) is 12.8 Å². The third kappa shape index (κ3) is 2.40. The molecule has 0 spiro atoms. The van der Waals surface area contributed by atoms with Crippen LogP contribution in [0.25, 0.3) is 0 Å². The molecule has 2 aromatic rings. The molecule has 0 bridgehead atoms. The normalized spacial score (nSPS) is 11.4. The van der Waals surface area contributed by atoms with Crippen molar-refractivity contribution in [3.63, 3.8) is 0 Å². The Morgan fingerprint density at radius 1 is 1.44 bits per heavy atom. The van der Waals surface area contributed by atoms with Gasteiger partial charge in [-0.1, -0.05) is 5.16 Å². The van der Waals surface area contributed by atoms with Crippen LogP contribution >= 0.6 is 0 Å². The average molecular weight is 272 g/mol. The highest BCUT2D eigenvalue weighted by molar-refractivity contribution is 7.92. The summed E-state index contributed by atoms with van der Waals surface area (Å²) >= 11 is 0. The predicted molar refractivity (Wildman–Crippen MR) is 60.7 cm³/mol. The number of benzene rings is 1. The number of rotatable bonds is 3. The predicted octanol–water partition coefficient (Wildman–Crippen LogP) is 0.900. The van der Waals surface area contributed by atoms with Crippen LogP contribution in [0.4, 0.5) is 16.1 Å². The van der Waals surface area contributed by atoms with Crippen LogP contribution < -0.4 is 10.5 Å². The minimum absolute atomic E-state index is 0.197. The Bertz CT molecular complexity index is 683. The maximum atomic E-state index is 12.9. The van der Waals surface area contributed by atoms with Gasteiger partial charge in [-0.2, -0.15) is 4.98 Å². The molecule has 3 N–H and O–H groups in total. The van der Waals surface area contributed by atoms with E-state index in [0.717, 1.165) is 18.2 Å². The van der Waals surface area contributed by atoms with Crippen molar-refractivity contribution in [2.24, 2.45) is 0 Å². The van der Waals surface area contributed by atoms with E-state index in [1.807, 2.05) is 0 Å². The third-order valence-corrected chi connectivity index (χ3v) is 3.34. The van der Waals surface area contributed by atoms with Crippen molar-refractivity contribution in [2.75, 3.05) is 10.5 Å². The molecule has 0 saturated heterocycles. The number of nitrogens with two attached hydrogens (primary N) is 1. The summed E-state index contributed by atoms with van der Waals surface area (Å²) in [4.78, 5) is 3.49. The maximum absolute atomic E-state index is 12.9. The lowest BCUT2D eigenvalue weighted by atomic mass is 10.3. The highest BCUT2D eigenvalue weighted by Crippen LogP contribution is 2.19. The molecule has 2 rings (SSSR count). The zero-order chi connectivity index (χ0) is 13.3. The molecular formula is C9H9FN4O3S. The Kier molecular flexibility index (Phi) is 2.91. The quantitative estimate of drug-likeness (QED) is 0.803. The van der Waals surface area contributed by atoms with Gasteiger partial charge in [-0.05, 0) is 25.1 Å². The number of hydrogen-bond acceptors (Lipinski definition) is 6. The van der Waals surface area contributed by atoms with Crippen molar-refractivity contribution in [3.05, 3.63) is 29.8 Å². The highest BCUT2D eigenvalue weighted by Gasteiger charge is 2.18. The number of sulfonamides is 1. The Morgan fingerprint density at radius 3 is 2.72 bits per heavy atom. The number of halogens is 1. The molecule has 0 fully saturated rings. The fourth-order valence-electron chi connectivity index (χ4n) is 1.20. The molecule has 0 atom stereocenters. The molecule has 0 aliphatic rings. The van der Waals surface area contributed by atoms with Gasteiger partial charge in [-0.25, -0.2) is 17.5 Å². The van der Waals surface area contributed by atoms with Crippen LogP contribution in [0.2, 0.25) is 0 Å². The van der Waals surface area contributed by atoms with Crippen LogP contribution in [-0.4, -0.2) is 18.6 Å². The van der Waals surface area contributed by atoms with Crippen LogP contribution in [0.15, 0.2) is 27.6 Å². The Labute approximate surface area is 102 Å². The smallest absolute Gasteiger partial charge is 0.335 e. The van der Waals surface area contributed by atoms with Crippen LogP contribution in [-0.2, 0) is 10.0 Å². The van der Waals surface area contributed by atoms with Gasteiger partial charge < -0.3 is 10.3 Å². The van der Waals surface area contributed by atoms with Crippen LogP contribution in [0.5, 0.6) is 0 Å². The second-order valence-corrected chi connectivity index (χ2v) is 5.12. The molecule has 1 heterocycles. The van der Waals surface area contributed by atoms with Crippen molar-refractivity contribution < 1.29 is 17.3 Å². The first-order valence-corrected chi connectivity index (χ1v) is 6.25. The van der Waals surface area contributed by atoms with E-state index in [-0.39, 0.29) is 22.4 Å². The summed E-state index contributed by atoms with van der Waals surface area (Å²) in [7, 11) is -3.93. The first-order chi connectivity index (χ1) is 8.38. The topological polar surface area (TPSA) is 111 Å². The summed E-state index contributed by atoms with van der Waals surface area (Å²) in [5.41, 5.74) is 5.03. The molecule has 0 radical (unpaired) electrons. The van der Waals surface area contributed by atoms with E-state index in [0.29, 0.717) is 0 Å². The van der Waals surface area contributed by atoms with Crippen molar-refractivity contribution in [1.29, 1.82) is 0 Å². The summed E-state index contributed by atoms with van der Waals surface area (Å²) in [5, 5.41) is 3.43. The molecule has 1 aromatic heterocycles. The second-order valence-electron chi connectivity index (χ2n) is 3.44. The average Bonchev–Trinajstić information content (AvgIpc) is 2.67. The number of aromatic nitrogens is 2. The van der Waals surface area contributed by atoms with Crippen molar-refractivity contribution in [1.82, 2.24) is 10.1 Å². The molecule has 0 saturated carbocycles. The Balaban J connectivity index is 2.33. The Hall–Kier alpha value is -2.16. The van der Waals surface area contributed by atoms with E-state index in [2.05, 4.69) is 19.4 Å². The Morgan fingerprint density at radius 2 is 2.17 bits per heavy atom. The van der Waals surface area contributed by atoms with Crippen molar-refractivity contribution in [2.45, 2.75) is 11.8 Å². The largest absolute Gasteiger partial charge is 0.396 e. The summed E-state index contributed by atoms with van der Waals surface area (Å²) in [6.07, 6.45) is 0. The zero-order valence-corrected chi connectivity index (χ0v) is 10.0. The number of anilines is 2. The number of nitrogens with zero attached hydrogens (tertiary/aromatic N) is 2. The fraction of sp³-hybridized carbons (Fsp3) is 0.111. The summed E-state index contributed by atoms with van der Waals surface area (Å²) in [6, 6.07) is 2.77.